The minimum absolute atomic E-state index is 0.0461. The molecule has 0 aliphatic heterocycles. The van der Waals surface area contributed by atoms with Gasteiger partial charge in [0.1, 0.15) is 17.7 Å². The number of nitrogens with one attached hydrogen (secondary N) is 1. The molecule has 0 saturated heterocycles. The van der Waals surface area contributed by atoms with Gasteiger partial charge in [-0.15, -0.1) is 0 Å². The Morgan fingerprint density at radius 3 is 2.61 bits per heavy atom. The molecular formula is C13H11N3O2. The van der Waals surface area contributed by atoms with Gasteiger partial charge in [-0.25, -0.2) is 4.79 Å². The lowest BCUT2D eigenvalue weighted by atomic mass is 10.1. The van der Waals surface area contributed by atoms with Crippen LogP contribution in [0.25, 0.3) is 0 Å². The van der Waals surface area contributed by atoms with Gasteiger partial charge < -0.3 is 10.1 Å². The van der Waals surface area contributed by atoms with Gasteiger partial charge in [0.05, 0.1) is 12.7 Å². The van der Waals surface area contributed by atoms with Gasteiger partial charge in [0.25, 0.3) is 0 Å². The topological polar surface area (TPSA) is 85.9 Å². The van der Waals surface area contributed by atoms with Crippen LogP contribution in [0.15, 0.2) is 30.0 Å². The van der Waals surface area contributed by atoms with E-state index in [1.807, 2.05) is 0 Å². The Labute approximate surface area is 105 Å². The molecule has 0 fully saturated rings. The second kappa shape index (κ2) is 6.07. The molecule has 0 aliphatic carbocycles. The van der Waals surface area contributed by atoms with Crippen LogP contribution >= 0.6 is 0 Å². The first kappa shape index (κ1) is 13.3. The van der Waals surface area contributed by atoms with Crippen LogP contribution in [-0.4, -0.2) is 13.1 Å². The molecular weight excluding hydrogens is 230 g/mol. The Kier molecular flexibility index (Phi) is 4.48. The first-order valence-electron chi connectivity index (χ1n) is 5.08. The Morgan fingerprint density at radius 1 is 1.39 bits per heavy atom. The maximum atomic E-state index is 11.5. The van der Waals surface area contributed by atoms with E-state index < -0.39 is 5.97 Å². The number of hydrogen-bond acceptors (Lipinski definition) is 5. The zero-order valence-electron chi connectivity index (χ0n) is 10.0. The fraction of sp³-hybridized carbons (Fsp3) is 0.154. The number of anilines is 1. The summed E-state index contributed by atoms with van der Waals surface area (Å²) in [5.74, 6) is -0.430. The number of rotatable bonds is 3. The number of allylic oxidation sites excluding steroid dienone is 1. The number of nitrogens with zero attached hydrogens (tertiary/aromatic N) is 2. The summed E-state index contributed by atoms with van der Waals surface area (Å²) in [6, 6.07) is 8.55. The molecule has 0 atom stereocenters. The summed E-state index contributed by atoms with van der Waals surface area (Å²) in [4.78, 5) is 11.5. The van der Waals surface area contributed by atoms with Crippen LogP contribution in [0.2, 0.25) is 0 Å². The van der Waals surface area contributed by atoms with Crippen molar-refractivity contribution in [1.29, 1.82) is 10.5 Å². The van der Waals surface area contributed by atoms with E-state index in [-0.39, 0.29) is 5.57 Å². The highest BCUT2D eigenvalue weighted by molar-refractivity contribution is 5.92. The molecule has 0 aliphatic rings. The van der Waals surface area contributed by atoms with E-state index in [0.29, 0.717) is 11.3 Å². The van der Waals surface area contributed by atoms with Crippen molar-refractivity contribution in [2.24, 2.45) is 0 Å². The molecule has 0 bridgehead atoms. The number of nitriles is 2. The molecule has 0 amide bonds. The Morgan fingerprint density at radius 2 is 2.06 bits per heavy atom. The monoisotopic (exact) mass is 241 g/mol. The molecule has 0 spiro atoms. The third-order valence-corrected chi connectivity index (χ3v) is 2.27. The summed E-state index contributed by atoms with van der Waals surface area (Å²) in [5.41, 5.74) is 1.78. The molecule has 0 radical (unpaired) electrons. The average Bonchev–Trinajstić information content (AvgIpc) is 2.40. The minimum atomic E-state index is -0.430. The van der Waals surface area contributed by atoms with Gasteiger partial charge in [-0.05, 0) is 24.6 Å². The van der Waals surface area contributed by atoms with Crippen molar-refractivity contribution in [3.05, 3.63) is 41.1 Å². The molecule has 1 aromatic carbocycles. The van der Waals surface area contributed by atoms with Gasteiger partial charge in [-0.2, -0.15) is 10.5 Å². The van der Waals surface area contributed by atoms with Crippen LogP contribution in [0.4, 0.5) is 5.69 Å². The van der Waals surface area contributed by atoms with E-state index in [0.717, 1.165) is 5.56 Å². The first-order valence-corrected chi connectivity index (χ1v) is 5.08. The van der Waals surface area contributed by atoms with E-state index in [1.165, 1.54) is 13.3 Å². The quantitative estimate of drug-likeness (QED) is 0.647. The fourth-order valence-corrected chi connectivity index (χ4v) is 1.29. The number of carbonyl (C=O) groups excluding carboxylic acids is 1. The lowest BCUT2D eigenvalue weighted by Crippen LogP contribution is -2.04. The van der Waals surface area contributed by atoms with E-state index >= 15 is 0 Å². The van der Waals surface area contributed by atoms with Crippen molar-refractivity contribution in [1.82, 2.24) is 0 Å². The summed E-state index contributed by atoms with van der Waals surface area (Å²) in [6.45, 7) is 1.79. The van der Waals surface area contributed by atoms with Gasteiger partial charge in [-0.3, -0.25) is 0 Å². The number of carbonyl (C=O) groups is 1. The van der Waals surface area contributed by atoms with E-state index in [2.05, 4.69) is 10.1 Å². The zero-order chi connectivity index (χ0) is 13.5. The maximum absolute atomic E-state index is 11.5. The zero-order valence-corrected chi connectivity index (χ0v) is 10.0. The van der Waals surface area contributed by atoms with Crippen molar-refractivity contribution < 1.29 is 9.53 Å². The standard InChI is InChI=1S/C13H11N3O2/c1-9-3-4-11(5-12(9)13(17)18-2)16-8-10(6-14)7-15/h3-5,8,16H,1-2H3. The number of aryl methyl sites for hydroxylation is 1. The molecule has 18 heavy (non-hydrogen) atoms. The van der Waals surface area contributed by atoms with Crippen LogP contribution in [0, 0.1) is 29.6 Å². The van der Waals surface area contributed by atoms with Gasteiger partial charge in [-0.1, -0.05) is 6.07 Å². The van der Waals surface area contributed by atoms with Gasteiger partial charge in [0.15, 0.2) is 0 Å². The summed E-state index contributed by atoms with van der Waals surface area (Å²) in [5, 5.41) is 19.9. The largest absolute Gasteiger partial charge is 0.465 e. The average molecular weight is 241 g/mol. The van der Waals surface area contributed by atoms with Crippen molar-refractivity contribution >= 4 is 11.7 Å². The third kappa shape index (κ3) is 3.10. The number of benzene rings is 1. The number of ether oxygens (including phenoxy) is 1. The second-order valence-electron chi connectivity index (χ2n) is 3.45. The maximum Gasteiger partial charge on any atom is 0.338 e. The summed E-state index contributed by atoms with van der Waals surface area (Å²) in [7, 11) is 1.31. The van der Waals surface area contributed by atoms with Crippen molar-refractivity contribution in [3.8, 4) is 12.1 Å². The Hall–Kier alpha value is -2.79. The lowest BCUT2D eigenvalue weighted by Gasteiger charge is -2.06. The van der Waals surface area contributed by atoms with E-state index in [9.17, 15) is 4.79 Å². The van der Waals surface area contributed by atoms with Gasteiger partial charge >= 0.3 is 5.97 Å². The summed E-state index contributed by atoms with van der Waals surface area (Å²) < 4.78 is 4.65. The molecule has 5 heteroatoms. The SMILES string of the molecule is COC(=O)c1cc(NC=C(C#N)C#N)ccc1C. The molecule has 1 rings (SSSR count). The smallest absolute Gasteiger partial charge is 0.338 e. The van der Waals surface area contributed by atoms with Crippen molar-refractivity contribution in [2.75, 3.05) is 12.4 Å². The molecule has 1 N–H and O–H groups in total. The number of esters is 1. The fourth-order valence-electron chi connectivity index (χ4n) is 1.29. The highest BCUT2D eigenvalue weighted by Crippen LogP contribution is 2.16. The summed E-state index contributed by atoms with van der Waals surface area (Å²) in [6.07, 6.45) is 1.28. The van der Waals surface area contributed by atoms with Crippen LogP contribution in [0.1, 0.15) is 15.9 Å². The van der Waals surface area contributed by atoms with Crippen molar-refractivity contribution in [3.63, 3.8) is 0 Å². The predicted molar refractivity (Wildman–Crippen MR) is 65.5 cm³/mol. The number of hydrogen-bond donors (Lipinski definition) is 1. The highest BCUT2D eigenvalue weighted by atomic mass is 16.5. The molecule has 0 saturated carbocycles. The lowest BCUT2D eigenvalue weighted by molar-refractivity contribution is 0.0600. The van der Waals surface area contributed by atoms with Crippen LogP contribution in [-0.2, 0) is 4.74 Å². The Bertz CT molecular complexity index is 561. The van der Waals surface area contributed by atoms with E-state index in [1.54, 1.807) is 37.3 Å². The predicted octanol–water partition coefficient (Wildman–Crippen LogP) is 2.12. The van der Waals surface area contributed by atoms with Crippen molar-refractivity contribution in [2.45, 2.75) is 6.92 Å². The molecule has 90 valence electrons. The van der Waals surface area contributed by atoms with Crippen LogP contribution < -0.4 is 5.32 Å². The summed E-state index contributed by atoms with van der Waals surface area (Å²) >= 11 is 0. The van der Waals surface area contributed by atoms with Gasteiger partial charge in [0.2, 0.25) is 0 Å². The molecule has 5 nitrogen and oxygen atoms in total. The second-order valence-corrected chi connectivity index (χ2v) is 3.45. The number of methoxy groups -OCH3 is 1. The van der Waals surface area contributed by atoms with Gasteiger partial charge in [0, 0.05) is 11.9 Å². The van der Waals surface area contributed by atoms with Crippen LogP contribution in [0.3, 0.4) is 0 Å². The third-order valence-electron chi connectivity index (χ3n) is 2.27. The molecule has 0 heterocycles. The molecule has 0 unspecified atom stereocenters. The minimum Gasteiger partial charge on any atom is -0.465 e. The highest BCUT2D eigenvalue weighted by Gasteiger charge is 2.09. The normalized spacial score (nSPS) is 8.67. The molecule has 1 aromatic rings. The van der Waals surface area contributed by atoms with E-state index in [4.69, 9.17) is 10.5 Å². The van der Waals surface area contributed by atoms with Crippen LogP contribution in [0.5, 0.6) is 0 Å². The Balaban J connectivity index is 3.01. The first-order chi connectivity index (χ1) is 8.62. The molecule has 0 aromatic heterocycles.